The van der Waals surface area contributed by atoms with Gasteiger partial charge in [0.2, 0.25) is 10.0 Å². The molecule has 0 unspecified atom stereocenters. The number of aryl methyl sites for hydroxylation is 1. The van der Waals surface area contributed by atoms with Crippen LogP contribution in [-0.2, 0) is 15.4 Å². The third-order valence-corrected chi connectivity index (χ3v) is 5.80. The van der Waals surface area contributed by atoms with Gasteiger partial charge in [-0.1, -0.05) is 26.8 Å². The number of hydrogen-bond donors (Lipinski definition) is 0. The van der Waals surface area contributed by atoms with E-state index in [4.69, 9.17) is 4.74 Å². The van der Waals surface area contributed by atoms with Gasteiger partial charge < -0.3 is 4.74 Å². The number of ether oxygens (including phenoxy) is 1. The summed E-state index contributed by atoms with van der Waals surface area (Å²) in [5, 5.41) is 0. The van der Waals surface area contributed by atoms with Gasteiger partial charge >= 0.3 is 0 Å². The molecule has 1 heterocycles. The van der Waals surface area contributed by atoms with Gasteiger partial charge in [0, 0.05) is 18.7 Å². The van der Waals surface area contributed by atoms with Crippen LogP contribution in [-0.4, -0.2) is 32.9 Å². The summed E-state index contributed by atoms with van der Waals surface area (Å²) in [5.41, 5.74) is 1.70. The smallest absolute Gasteiger partial charge is 0.246 e. The van der Waals surface area contributed by atoms with Crippen LogP contribution in [0.25, 0.3) is 0 Å². The Morgan fingerprint density at radius 2 is 1.71 bits per heavy atom. The van der Waals surface area contributed by atoms with Crippen LogP contribution in [0.3, 0.4) is 0 Å². The number of nitrogens with zero attached hydrogens (tertiary/aromatic N) is 1. The molecule has 21 heavy (non-hydrogen) atoms. The van der Waals surface area contributed by atoms with Crippen LogP contribution in [0, 0.1) is 6.92 Å². The molecule has 1 fully saturated rings. The van der Waals surface area contributed by atoms with Gasteiger partial charge in [0.25, 0.3) is 0 Å². The topological polar surface area (TPSA) is 46.6 Å². The summed E-state index contributed by atoms with van der Waals surface area (Å²) in [5.74, 6) is 0.486. The quantitative estimate of drug-likeness (QED) is 0.862. The maximum absolute atomic E-state index is 12.9. The molecule has 2 rings (SSSR count). The largest absolute Gasteiger partial charge is 0.495 e. The molecule has 1 aromatic rings. The first kappa shape index (κ1) is 16.3. The molecule has 0 bridgehead atoms. The zero-order valence-corrected chi connectivity index (χ0v) is 14.4. The summed E-state index contributed by atoms with van der Waals surface area (Å²) in [4.78, 5) is 0.303. The zero-order chi connectivity index (χ0) is 15.8. The average Bonchev–Trinajstić information content (AvgIpc) is 2.91. The van der Waals surface area contributed by atoms with Gasteiger partial charge in [-0.05, 0) is 36.8 Å². The van der Waals surface area contributed by atoms with E-state index in [1.165, 1.54) is 0 Å². The van der Waals surface area contributed by atoms with Gasteiger partial charge in [0.15, 0.2) is 0 Å². The molecule has 1 saturated heterocycles. The molecular formula is C16H25NO3S. The second kappa shape index (κ2) is 5.61. The van der Waals surface area contributed by atoms with Crippen molar-refractivity contribution in [2.75, 3.05) is 20.2 Å². The maximum Gasteiger partial charge on any atom is 0.246 e. The summed E-state index contributed by atoms with van der Waals surface area (Å²) in [6.45, 7) is 9.33. The van der Waals surface area contributed by atoms with Crippen molar-refractivity contribution in [2.45, 2.75) is 50.8 Å². The Hall–Kier alpha value is -1.07. The number of sulfonamides is 1. The molecule has 1 aliphatic rings. The lowest BCUT2D eigenvalue weighted by Crippen LogP contribution is -2.29. The van der Waals surface area contributed by atoms with Crippen LogP contribution in [0.4, 0.5) is 0 Å². The van der Waals surface area contributed by atoms with E-state index in [1.54, 1.807) is 17.5 Å². The molecule has 0 radical (unpaired) electrons. The molecule has 0 amide bonds. The fourth-order valence-electron chi connectivity index (χ4n) is 2.77. The number of benzene rings is 1. The summed E-state index contributed by atoms with van der Waals surface area (Å²) in [7, 11) is -1.93. The van der Waals surface area contributed by atoms with Crippen molar-refractivity contribution in [2.24, 2.45) is 0 Å². The summed E-state index contributed by atoms with van der Waals surface area (Å²) in [6, 6.07) is 3.74. The van der Waals surface area contributed by atoms with Crippen LogP contribution in [0.1, 0.15) is 44.7 Å². The highest BCUT2D eigenvalue weighted by atomic mass is 32.2. The van der Waals surface area contributed by atoms with E-state index in [9.17, 15) is 8.42 Å². The molecule has 1 aromatic carbocycles. The third-order valence-electron chi connectivity index (χ3n) is 3.89. The van der Waals surface area contributed by atoms with Crippen molar-refractivity contribution >= 4 is 10.0 Å². The molecular weight excluding hydrogens is 286 g/mol. The van der Waals surface area contributed by atoms with Crippen molar-refractivity contribution in [3.05, 3.63) is 23.3 Å². The first-order valence-electron chi connectivity index (χ1n) is 7.37. The lowest BCUT2D eigenvalue weighted by Gasteiger charge is -2.26. The molecule has 0 N–H and O–H groups in total. The Labute approximate surface area is 128 Å². The molecule has 0 aromatic heterocycles. The van der Waals surface area contributed by atoms with E-state index in [2.05, 4.69) is 20.8 Å². The molecule has 118 valence electrons. The van der Waals surface area contributed by atoms with Crippen LogP contribution in [0.15, 0.2) is 17.0 Å². The first-order chi connectivity index (χ1) is 9.67. The van der Waals surface area contributed by atoms with E-state index >= 15 is 0 Å². The second-order valence-electron chi connectivity index (χ2n) is 6.71. The molecule has 0 spiro atoms. The van der Waals surface area contributed by atoms with Gasteiger partial charge in [0.1, 0.15) is 10.6 Å². The fraction of sp³-hybridized carbons (Fsp3) is 0.625. The SMILES string of the molecule is COc1c(C(C)(C)C)cc(C)cc1S(=O)(=O)N1CCCC1. The number of hydrogen-bond acceptors (Lipinski definition) is 3. The zero-order valence-electron chi connectivity index (χ0n) is 13.6. The molecule has 1 aliphatic heterocycles. The maximum atomic E-state index is 12.9. The minimum Gasteiger partial charge on any atom is -0.495 e. The Kier molecular flexibility index (Phi) is 4.36. The van der Waals surface area contributed by atoms with E-state index in [1.807, 2.05) is 13.0 Å². The monoisotopic (exact) mass is 311 g/mol. The normalized spacial score (nSPS) is 17.2. The third kappa shape index (κ3) is 3.09. The van der Waals surface area contributed by atoms with Gasteiger partial charge in [0.05, 0.1) is 7.11 Å². The summed E-state index contributed by atoms with van der Waals surface area (Å²) < 4.78 is 32.8. The van der Waals surface area contributed by atoms with Crippen LogP contribution in [0.5, 0.6) is 5.75 Å². The van der Waals surface area contributed by atoms with E-state index < -0.39 is 10.0 Å². The minimum atomic E-state index is -3.48. The van der Waals surface area contributed by atoms with Crippen molar-refractivity contribution in [1.82, 2.24) is 4.31 Å². The van der Waals surface area contributed by atoms with Gasteiger partial charge in [-0.25, -0.2) is 8.42 Å². The molecule has 0 atom stereocenters. The summed E-state index contributed by atoms with van der Waals surface area (Å²) >= 11 is 0. The van der Waals surface area contributed by atoms with Gasteiger partial charge in [-0.15, -0.1) is 0 Å². The second-order valence-corrected chi connectivity index (χ2v) is 8.61. The molecule has 5 heteroatoms. The Bertz CT molecular complexity index is 624. The lowest BCUT2D eigenvalue weighted by atomic mass is 9.85. The molecule has 0 saturated carbocycles. The fourth-order valence-corrected chi connectivity index (χ4v) is 4.55. The Morgan fingerprint density at radius 1 is 1.14 bits per heavy atom. The highest BCUT2D eigenvalue weighted by Gasteiger charge is 2.33. The lowest BCUT2D eigenvalue weighted by molar-refractivity contribution is 0.382. The van der Waals surface area contributed by atoms with Gasteiger partial charge in [-0.3, -0.25) is 0 Å². The molecule has 4 nitrogen and oxygen atoms in total. The van der Waals surface area contributed by atoms with Crippen molar-refractivity contribution in [3.8, 4) is 5.75 Å². The van der Waals surface area contributed by atoms with E-state index in [-0.39, 0.29) is 5.41 Å². The van der Waals surface area contributed by atoms with Crippen molar-refractivity contribution < 1.29 is 13.2 Å². The average molecular weight is 311 g/mol. The Morgan fingerprint density at radius 3 is 2.19 bits per heavy atom. The first-order valence-corrected chi connectivity index (χ1v) is 8.81. The van der Waals surface area contributed by atoms with Crippen molar-refractivity contribution in [3.63, 3.8) is 0 Å². The summed E-state index contributed by atoms with van der Waals surface area (Å²) in [6.07, 6.45) is 1.86. The highest BCUT2D eigenvalue weighted by molar-refractivity contribution is 7.89. The predicted molar refractivity (Wildman–Crippen MR) is 84.4 cm³/mol. The Balaban J connectivity index is 2.66. The van der Waals surface area contributed by atoms with E-state index in [0.717, 1.165) is 24.0 Å². The van der Waals surface area contributed by atoms with Crippen LogP contribution < -0.4 is 4.74 Å². The molecule has 0 aliphatic carbocycles. The highest BCUT2D eigenvalue weighted by Crippen LogP contribution is 2.38. The van der Waals surface area contributed by atoms with E-state index in [0.29, 0.717) is 23.7 Å². The predicted octanol–water partition coefficient (Wildman–Crippen LogP) is 3.09. The number of rotatable bonds is 3. The van der Waals surface area contributed by atoms with Crippen LogP contribution in [0.2, 0.25) is 0 Å². The van der Waals surface area contributed by atoms with Gasteiger partial charge in [-0.2, -0.15) is 4.31 Å². The standard InChI is InChI=1S/C16H25NO3S/c1-12-10-13(16(2,3)4)15(20-5)14(11-12)21(18,19)17-8-6-7-9-17/h10-11H,6-9H2,1-5H3. The van der Waals surface area contributed by atoms with Crippen molar-refractivity contribution in [1.29, 1.82) is 0 Å². The minimum absolute atomic E-state index is 0.174. The van der Waals surface area contributed by atoms with Crippen LogP contribution >= 0.6 is 0 Å². The number of methoxy groups -OCH3 is 1.